The minimum Gasteiger partial charge on any atom is -0.378 e. The summed E-state index contributed by atoms with van der Waals surface area (Å²) in [5, 5.41) is 0. The van der Waals surface area contributed by atoms with Crippen LogP contribution in [0.1, 0.15) is 52.9 Å². The summed E-state index contributed by atoms with van der Waals surface area (Å²) in [5.74, 6) is 0. The number of hydrogen-bond donors (Lipinski definition) is 0. The molecule has 0 radical (unpaired) electrons. The second-order valence-electron chi connectivity index (χ2n) is 4.71. The second kappa shape index (κ2) is 4.27. The van der Waals surface area contributed by atoms with Crippen LogP contribution in [0.3, 0.4) is 0 Å². The van der Waals surface area contributed by atoms with Crippen LogP contribution < -0.4 is 0 Å². The summed E-state index contributed by atoms with van der Waals surface area (Å²) in [4.78, 5) is 0. The van der Waals surface area contributed by atoms with Crippen molar-refractivity contribution >= 4 is 0 Å². The van der Waals surface area contributed by atoms with Gasteiger partial charge in [-0.2, -0.15) is 0 Å². The van der Waals surface area contributed by atoms with Crippen LogP contribution in [0, 0.1) is 5.41 Å². The molecule has 0 bridgehead atoms. The Balaban J connectivity index is 2.28. The summed E-state index contributed by atoms with van der Waals surface area (Å²) >= 11 is 0. The van der Waals surface area contributed by atoms with Crippen molar-refractivity contribution in [2.75, 3.05) is 6.61 Å². The maximum atomic E-state index is 5.72. The Labute approximate surface area is 76.5 Å². The number of rotatable bonds is 3. The van der Waals surface area contributed by atoms with Crippen LogP contribution in [-0.4, -0.2) is 12.7 Å². The Bertz CT molecular complexity index is 123. The molecule has 1 aliphatic rings. The van der Waals surface area contributed by atoms with Gasteiger partial charge in [-0.15, -0.1) is 0 Å². The standard InChI is InChI=1S/C11H22O/c1-4-11(2,3)9-10-7-5-6-8-12-10/h10H,4-9H2,1-3H3. The summed E-state index contributed by atoms with van der Waals surface area (Å²) in [6.45, 7) is 7.93. The third-order valence-corrected chi connectivity index (χ3v) is 3.01. The lowest BCUT2D eigenvalue weighted by Crippen LogP contribution is -2.25. The van der Waals surface area contributed by atoms with Gasteiger partial charge in [0.2, 0.25) is 0 Å². The monoisotopic (exact) mass is 170 g/mol. The van der Waals surface area contributed by atoms with E-state index in [2.05, 4.69) is 20.8 Å². The highest BCUT2D eigenvalue weighted by Gasteiger charge is 2.23. The summed E-state index contributed by atoms with van der Waals surface area (Å²) in [6, 6.07) is 0. The van der Waals surface area contributed by atoms with Crippen molar-refractivity contribution in [2.45, 2.75) is 59.0 Å². The molecule has 1 atom stereocenters. The molecule has 12 heavy (non-hydrogen) atoms. The van der Waals surface area contributed by atoms with Crippen LogP contribution in [0.2, 0.25) is 0 Å². The highest BCUT2D eigenvalue weighted by Crippen LogP contribution is 2.30. The predicted octanol–water partition coefficient (Wildman–Crippen LogP) is 3.38. The maximum absolute atomic E-state index is 5.72. The zero-order chi connectivity index (χ0) is 9.03. The molecule has 0 N–H and O–H groups in total. The fourth-order valence-corrected chi connectivity index (χ4v) is 1.73. The minimum absolute atomic E-state index is 0.474. The van der Waals surface area contributed by atoms with Gasteiger partial charge in [0.05, 0.1) is 6.10 Å². The lowest BCUT2D eigenvalue weighted by molar-refractivity contribution is -0.0103. The van der Waals surface area contributed by atoms with Gasteiger partial charge in [0.25, 0.3) is 0 Å². The summed E-state index contributed by atoms with van der Waals surface area (Å²) in [7, 11) is 0. The van der Waals surface area contributed by atoms with Gasteiger partial charge in [0, 0.05) is 6.61 Å². The highest BCUT2D eigenvalue weighted by atomic mass is 16.5. The van der Waals surface area contributed by atoms with E-state index in [1.807, 2.05) is 0 Å². The highest BCUT2D eigenvalue weighted by molar-refractivity contribution is 4.74. The lowest BCUT2D eigenvalue weighted by atomic mass is 9.82. The van der Waals surface area contributed by atoms with E-state index in [4.69, 9.17) is 4.74 Å². The molecule has 0 aromatic carbocycles. The van der Waals surface area contributed by atoms with Crippen molar-refractivity contribution < 1.29 is 4.74 Å². The molecular formula is C11H22O. The van der Waals surface area contributed by atoms with E-state index in [9.17, 15) is 0 Å². The van der Waals surface area contributed by atoms with Gasteiger partial charge in [-0.25, -0.2) is 0 Å². The summed E-state index contributed by atoms with van der Waals surface area (Å²) < 4.78 is 5.72. The molecule has 1 nitrogen and oxygen atoms in total. The molecule has 0 saturated carbocycles. The minimum atomic E-state index is 0.474. The molecule has 1 heterocycles. The summed E-state index contributed by atoms with van der Waals surface area (Å²) in [6.07, 6.45) is 6.96. The molecule has 1 unspecified atom stereocenters. The Morgan fingerprint density at radius 3 is 2.58 bits per heavy atom. The molecule has 1 aliphatic heterocycles. The van der Waals surface area contributed by atoms with E-state index in [0.717, 1.165) is 6.61 Å². The summed E-state index contributed by atoms with van der Waals surface area (Å²) in [5.41, 5.74) is 0.474. The average Bonchev–Trinajstić information content (AvgIpc) is 2.06. The molecule has 0 spiro atoms. The molecule has 0 aromatic heterocycles. The van der Waals surface area contributed by atoms with E-state index < -0.39 is 0 Å². The van der Waals surface area contributed by atoms with Crippen molar-refractivity contribution in [3.05, 3.63) is 0 Å². The van der Waals surface area contributed by atoms with Crippen molar-refractivity contribution in [3.8, 4) is 0 Å². The zero-order valence-electron chi connectivity index (χ0n) is 8.73. The Morgan fingerprint density at radius 2 is 2.08 bits per heavy atom. The van der Waals surface area contributed by atoms with Crippen LogP contribution >= 0.6 is 0 Å². The van der Waals surface area contributed by atoms with Crippen LogP contribution in [0.15, 0.2) is 0 Å². The second-order valence-corrected chi connectivity index (χ2v) is 4.71. The van der Waals surface area contributed by atoms with Crippen LogP contribution in [0.25, 0.3) is 0 Å². The molecule has 1 rings (SSSR count). The molecule has 0 aromatic rings. The Morgan fingerprint density at radius 1 is 1.33 bits per heavy atom. The topological polar surface area (TPSA) is 9.23 Å². The van der Waals surface area contributed by atoms with Gasteiger partial charge < -0.3 is 4.74 Å². The third kappa shape index (κ3) is 3.14. The molecule has 1 saturated heterocycles. The quantitative estimate of drug-likeness (QED) is 0.631. The van der Waals surface area contributed by atoms with Crippen molar-refractivity contribution in [1.82, 2.24) is 0 Å². The van der Waals surface area contributed by atoms with Crippen molar-refractivity contribution in [2.24, 2.45) is 5.41 Å². The van der Waals surface area contributed by atoms with E-state index in [0.29, 0.717) is 11.5 Å². The maximum Gasteiger partial charge on any atom is 0.0580 e. The van der Waals surface area contributed by atoms with E-state index >= 15 is 0 Å². The average molecular weight is 170 g/mol. The number of hydrogen-bond acceptors (Lipinski definition) is 1. The zero-order valence-corrected chi connectivity index (χ0v) is 8.73. The first kappa shape index (κ1) is 10.0. The molecule has 72 valence electrons. The molecule has 0 amide bonds. The van der Waals surface area contributed by atoms with Crippen LogP contribution in [-0.2, 0) is 4.74 Å². The van der Waals surface area contributed by atoms with Crippen LogP contribution in [0.5, 0.6) is 0 Å². The SMILES string of the molecule is CCC(C)(C)CC1CCCCO1. The smallest absolute Gasteiger partial charge is 0.0580 e. The van der Waals surface area contributed by atoms with Crippen molar-refractivity contribution in [3.63, 3.8) is 0 Å². The van der Waals surface area contributed by atoms with E-state index in [1.54, 1.807) is 0 Å². The van der Waals surface area contributed by atoms with Crippen molar-refractivity contribution in [1.29, 1.82) is 0 Å². The van der Waals surface area contributed by atoms with Gasteiger partial charge in [-0.3, -0.25) is 0 Å². The van der Waals surface area contributed by atoms with Crippen LogP contribution in [0.4, 0.5) is 0 Å². The normalized spacial score (nSPS) is 25.8. The first-order chi connectivity index (χ1) is 5.64. The van der Waals surface area contributed by atoms with Gasteiger partial charge in [-0.05, 0) is 31.1 Å². The van der Waals surface area contributed by atoms with Gasteiger partial charge in [0.15, 0.2) is 0 Å². The third-order valence-electron chi connectivity index (χ3n) is 3.01. The molecule has 1 fully saturated rings. The van der Waals surface area contributed by atoms with E-state index in [1.165, 1.54) is 32.1 Å². The first-order valence-electron chi connectivity index (χ1n) is 5.26. The molecule has 1 heteroatoms. The van der Waals surface area contributed by atoms with Gasteiger partial charge >= 0.3 is 0 Å². The fraction of sp³-hybridized carbons (Fsp3) is 1.00. The lowest BCUT2D eigenvalue weighted by Gasteiger charge is -2.31. The largest absolute Gasteiger partial charge is 0.378 e. The van der Waals surface area contributed by atoms with Gasteiger partial charge in [-0.1, -0.05) is 27.2 Å². The fourth-order valence-electron chi connectivity index (χ4n) is 1.73. The molecule has 0 aliphatic carbocycles. The number of ether oxygens (including phenoxy) is 1. The van der Waals surface area contributed by atoms with E-state index in [-0.39, 0.29) is 0 Å². The first-order valence-corrected chi connectivity index (χ1v) is 5.26. The predicted molar refractivity (Wildman–Crippen MR) is 52.3 cm³/mol. The van der Waals surface area contributed by atoms with Gasteiger partial charge in [0.1, 0.15) is 0 Å². The Kier molecular flexibility index (Phi) is 3.57. The Hall–Kier alpha value is -0.0400. The molecular weight excluding hydrogens is 148 g/mol.